The van der Waals surface area contributed by atoms with Crippen LogP contribution in [0.3, 0.4) is 0 Å². The van der Waals surface area contributed by atoms with Crippen molar-refractivity contribution in [2.75, 3.05) is 23.4 Å². The van der Waals surface area contributed by atoms with E-state index >= 15 is 0 Å². The summed E-state index contributed by atoms with van der Waals surface area (Å²) < 4.78 is 30.1. The molecule has 0 saturated carbocycles. The number of ether oxygens (including phenoxy) is 1. The van der Waals surface area contributed by atoms with Gasteiger partial charge in [0.05, 0.1) is 28.8 Å². The molecule has 3 heterocycles. The first-order chi connectivity index (χ1) is 16.6. The molecule has 1 fully saturated rings. The van der Waals surface area contributed by atoms with Crippen LogP contribution in [0.5, 0.6) is 0 Å². The second kappa shape index (κ2) is 10.1. The van der Waals surface area contributed by atoms with Crippen LogP contribution < -0.4 is 5.32 Å². The summed E-state index contributed by atoms with van der Waals surface area (Å²) >= 11 is 7.80. The molecule has 9 nitrogen and oxygen atoms in total. The Morgan fingerprint density at radius 1 is 1.40 bits per heavy atom. The highest BCUT2D eigenvalue weighted by atomic mass is 35.5. The number of hydrogen-bond acceptors (Lipinski definition) is 8. The van der Waals surface area contributed by atoms with Gasteiger partial charge in [-0.25, -0.2) is 17.9 Å². The molecule has 2 atom stereocenters. The highest BCUT2D eigenvalue weighted by Crippen LogP contribution is 2.39. The van der Waals surface area contributed by atoms with Crippen LogP contribution in [0, 0.1) is 24.2 Å². The van der Waals surface area contributed by atoms with E-state index in [1.165, 1.54) is 22.1 Å². The zero-order chi connectivity index (χ0) is 25.3. The van der Waals surface area contributed by atoms with Crippen LogP contribution in [0.25, 0.3) is 6.08 Å². The fourth-order valence-corrected chi connectivity index (χ4v) is 7.83. The van der Waals surface area contributed by atoms with Crippen LogP contribution >= 0.6 is 22.9 Å². The number of nitrogens with one attached hydrogen (secondary N) is 1. The Labute approximate surface area is 212 Å². The number of fused-ring (bicyclic) bond motifs is 1. The van der Waals surface area contributed by atoms with Crippen LogP contribution in [-0.2, 0) is 37.0 Å². The minimum Gasteiger partial charge on any atom is -0.452 e. The number of esters is 1. The average Bonchev–Trinajstić information content (AvgIpc) is 3.42. The predicted molar refractivity (Wildman–Crippen MR) is 133 cm³/mol. The first-order valence-electron chi connectivity index (χ1n) is 11.2. The van der Waals surface area contributed by atoms with Gasteiger partial charge in [-0.05, 0) is 50.2 Å². The number of nitrogens with zero attached hydrogens (tertiary/aromatic N) is 3. The molecule has 0 bridgehead atoms. The summed E-state index contributed by atoms with van der Waals surface area (Å²) in [5, 5.41) is 17.3. The molecule has 12 heteroatoms. The number of hydrogen-bond donors (Lipinski definition) is 1. The van der Waals surface area contributed by atoms with Gasteiger partial charge in [0.1, 0.15) is 16.2 Å². The number of carbonyl (C=O) groups excluding carboxylic acids is 2. The van der Waals surface area contributed by atoms with Crippen molar-refractivity contribution >= 4 is 55.7 Å². The molecule has 0 spiro atoms. The summed E-state index contributed by atoms with van der Waals surface area (Å²) in [5.41, 5.74) is 2.53. The smallest absolute Gasteiger partial charge is 0.331 e. The number of aryl methyl sites for hydroxylation is 1. The van der Waals surface area contributed by atoms with Crippen LogP contribution in [0.2, 0.25) is 5.15 Å². The number of halogens is 1. The standard InChI is InChI=1S/C23H25ClN4O5S2/c1-13-3-4-17-18(10-25)23(34-19(17)9-13)26-20(29)11-33-21(30)6-5-16-14(2)27-28(22(16)24)15-7-8-35(31,32)12-15/h5-6,13,15H,3-4,7-9,11-12H2,1-2H3,(H,26,29)/b6-5+/t13-,15+/m1/s1. The summed E-state index contributed by atoms with van der Waals surface area (Å²) in [5.74, 6) is -0.658. The maximum atomic E-state index is 12.3. The molecule has 1 aliphatic carbocycles. The lowest BCUT2D eigenvalue weighted by atomic mass is 9.89. The lowest BCUT2D eigenvalue weighted by Crippen LogP contribution is -2.20. The maximum absolute atomic E-state index is 12.3. The zero-order valence-corrected chi connectivity index (χ0v) is 21.7. The average molecular weight is 537 g/mol. The van der Waals surface area contributed by atoms with E-state index in [-0.39, 0.29) is 22.7 Å². The predicted octanol–water partition coefficient (Wildman–Crippen LogP) is 3.46. The van der Waals surface area contributed by atoms with Crippen molar-refractivity contribution in [3.8, 4) is 6.07 Å². The van der Waals surface area contributed by atoms with E-state index in [9.17, 15) is 23.3 Å². The molecule has 1 saturated heterocycles. The highest BCUT2D eigenvalue weighted by molar-refractivity contribution is 7.91. The highest BCUT2D eigenvalue weighted by Gasteiger charge is 2.32. The lowest BCUT2D eigenvalue weighted by molar-refractivity contribution is -0.142. The van der Waals surface area contributed by atoms with Crippen LogP contribution in [0.15, 0.2) is 6.08 Å². The molecule has 186 valence electrons. The Morgan fingerprint density at radius 2 is 2.17 bits per heavy atom. The Balaban J connectivity index is 1.35. The summed E-state index contributed by atoms with van der Waals surface area (Å²) in [6.07, 6.45) is 5.74. The number of nitriles is 1. The Bertz CT molecular complexity index is 1350. The number of amides is 1. The van der Waals surface area contributed by atoms with Gasteiger partial charge >= 0.3 is 5.97 Å². The summed E-state index contributed by atoms with van der Waals surface area (Å²) in [6, 6.07) is 1.85. The fourth-order valence-electron chi connectivity index (χ4n) is 4.39. The van der Waals surface area contributed by atoms with Crippen molar-refractivity contribution in [3.63, 3.8) is 0 Å². The van der Waals surface area contributed by atoms with Crippen LogP contribution in [0.1, 0.15) is 53.1 Å². The molecule has 0 unspecified atom stereocenters. The normalized spacial score (nSPS) is 21.0. The number of carbonyl (C=O) groups is 2. The summed E-state index contributed by atoms with van der Waals surface area (Å²) in [7, 11) is -3.10. The number of rotatable bonds is 6. The number of aromatic nitrogens is 2. The van der Waals surface area contributed by atoms with E-state index in [0.717, 1.165) is 35.8 Å². The number of thiophene rings is 1. The van der Waals surface area contributed by atoms with Crippen molar-refractivity contribution in [1.29, 1.82) is 5.26 Å². The Kier molecular flexibility index (Phi) is 7.35. The molecule has 4 rings (SSSR count). The Morgan fingerprint density at radius 3 is 2.86 bits per heavy atom. The van der Waals surface area contributed by atoms with E-state index in [0.29, 0.717) is 34.2 Å². The van der Waals surface area contributed by atoms with E-state index in [1.807, 2.05) is 0 Å². The maximum Gasteiger partial charge on any atom is 0.331 e. The minimum atomic E-state index is -3.10. The molecule has 35 heavy (non-hydrogen) atoms. The van der Waals surface area contributed by atoms with E-state index in [2.05, 4.69) is 23.4 Å². The zero-order valence-electron chi connectivity index (χ0n) is 19.3. The van der Waals surface area contributed by atoms with Gasteiger partial charge in [0.15, 0.2) is 16.4 Å². The van der Waals surface area contributed by atoms with Crippen LogP contribution in [-0.4, -0.2) is 48.2 Å². The van der Waals surface area contributed by atoms with Crippen molar-refractivity contribution in [2.24, 2.45) is 5.92 Å². The quantitative estimate of drug-likeness (QED) is 0.441. The molecular formula is C23H25ClN4O5S2. The Hall–Kier alpha value is -2.68. The van der Waals surface area contributed by atoms with E-state index < -0.39 is 28.3 Å². The third-order valence-corrected chi connectivity index (χ3v) is 9.53. The number of sulfone groups is 1. The first-order valence-corrected chi connectivity index (χ1v) is 14.2. The molecule has 2 aliphatic rings. The molecule has 1 aliphatic heterocycles. The molecule has 2 aromatic heterocycles. The van der Waals surface area contributed by atoms with Crippen molar-refractivity contribution in [2.45, 2.75) is 45.6 Å². The van der Waals surface area contributed by atoms with Gasteiger partial charge in [-0.15, -0.1) is 11.3 Å². The van der Waals surface area contributed by atoms with Gasteiger partial charge in [-0.3, -0.25) is 4.79 Å². The minimum absolute atomic E-state index is 0.0199. The number of anilines is 1. The molecule has 1 amide bonds. The van der Waals surface area contributed by atoms with Crippen molar-refractivity contribution < 1.29 is 22.7 Å². The SMILES string of the molecule is Cc1nn([C@H]2CCS(=O)(=O)C2)c(Cl)c1/C=C/C(=O)OCC(=O)Nc1sc2c(c1C#N)CC[C@@H](C)C2. The van der Waals surface area contributed by atoms with Crippen molar-refractivity contribution in [1.82, 2.24) is 9.78 Å². The molecule has 0 aromatic carbocycles. The molecule has 0 radical (unpaired) electrons. The second-order valence-corrected chi connectivity index (χ2v) is 12.6. The largest absolute Gasteiger partial charge is 0.452 e. The van der Waals surface area contributed by atoms with Crippen LogP contribution in [0.4, 0.5) is 5.00 Å². The first kappa shape index (κ1) is 25.4. The monoisotopic (exact) mass is 536 g/mol. The third kappa shape index (κ3) is 5.60. The van der Waals surface area contributed by atoms with Gasteiger partial charge in [0.2, 0.25) is 0 Å². The van der Waals surface area contributed by atoms with E-state index in [4.69, 9.17) is 16.3 Å². The van der Waals surface area contributed by atoms with Gasteiger partial charge < -0.3 is 10.1 Å². The lowest BCUT2D eigenvalue weighted by Gasteiger charge is -2.17. The third-order valence-electron chi connectivity index (χ3n) is 6.23. The fraction of sp³-hybridized carbons (Fsp3) is 0.478. The summed E-state index contributed by atoms with van der Waals surface area (Å²) in [4.78, 5) is 25.6. The van der Waals surface area contributed by atoms with Gasteiger partial charge in [-0.1, -0.05) is 18.5 Å². The van der Waals surface area contributed by atoms with Gasteiger partial charge in [-0.2, -0.15) is 10.4 Å². The molecule has 1 N–H and O–H groups in total. The molecule has 2 aromatic rings. The van der Waals surface area contributed by atoms with Crippen molar-refractivity contribution in [3.05, 3.63) is 38.5 Å². The topological polar surface area (TPSA) is 131 Å². The summed E-state index contributed by atoms with van der Waals surface area (Å²) in [6.45, 7) is 3.37. The molecular weight excluding hydrogens is 512 g/mol. The second-order valence-electron chi connectivity index (χ2n) is 8.95. The van der Waals surface area contributed by atoms with Gasteiger partial charge in [0, 0.05) is 16.5 Å². The van der Waals surface area contributed by atoms with Gasteiger partial charge in [0.25, 0.3) is 5.91 Å². The van der Waals surface area contributed by atoms with E-state index in [1.54, 1.807) is 6.92 Å².